The van der Waals surface area contributed by atoms with E-state index in [4.69, 9.17) is 9.47 Å². The minimum absolute atomic E-state index is 0.126. The van der Waals surface area contributed by atoms with Gasteiger partial charge in [-0.25, -0.2) is 0 Å². The summed E-state index contributed by atoms with van der Waals surface area (Å²) in [5.41, 5.74) is 5.48. The van der Waals surface area contributed by atoms with Crippen LogP contribution in [0, 0.1) is 13.8 Å². The normalized spacial score (nSPS) is 13.6. The molecule has 0 radical (unpaired) electrons. The molecule has 1 amide bonds. The van der Waals surface area contributed by atoms with Gasteiger partial charge in [0.25, 0.3) is 5.91 Å². The first-order valence-corrected chi connectivity index (χ1v) is 9.76. The zero-order chi connectivity index (χ0) is 20.4. The first-order valence-electron chi connectivity index (χ1n) is 9.76. The number of hydrogen-bond acceptors (Lipinski definition) is 4. The number of nitrogens with one attached hydrogen (secondary N) is 1. The molecule has 5 nitrogen and oxygen atoms in total. The van der Waals surface area contributed by atoms with E-state index < -0.39 is 0 Å². The molecule has 2 aromatic carbocycles. The molecule has 2 heterocycles. The Balaban J connectivity index is 1.52. The molecule has 4 rings (SSSR count). The summed E-state index contributed by atoms with van der Waals surface area (Å²) in [4.78, 5) is 17.4. The van der Waals surface area contributed by atoms with Crippen molar-refractivity contribution >= 4 is 5.91 Å². The Hall–Kier alpha value is -3.34. The van der Waals surface area contributed by atoms with Gasteiger partial charge in [0.15, 0.2) is 11.5 Å². The lowest BCUT2D eigenvalue weighted by molar-refractivity contribution is 0.0939. The van der Waals surface area contributed by atoms with Crippen LogP contribution >= 0.6 is 0 Å². The Morgan fingerprint density at radius 3 is 2.59 bits per heavy atom. The third-order valence-electron chi connectivity index (χ3n) is 4.93. The Kier molecular flexibility index (Phi) is 5.21. The van der Waals surface area contributed by atoms with E-state index in [-0.39, 0.29) is 11.9 Å². The quantitative estimate of drug-likeness (QED) is 0.708. The van der Waals surface area contributed by atoms with Crippen LogP contribution in [0.1, 0.15) is 40.1 Å². The second-order valence-corrected chi connectivity index (χ2v) is 7.35. The number of rotatable bonds is 4. The Labute approximate surface area is 170 Å². The van der Waals surface area contributed by atoms with Crippen molar-refractivity contribution in [3.63, 3.8) is 0 Å². The first-order chi connectivity index (χ1) is 14.0. The number of ether oxygens (including phenoxy) is 2. The van der Waals surface area contributed by atoms with Crippen LogP contribution in [0.2, 0.25) is 0 Å². The van der Waals surface area contributed by atoms with Gasteiger partial charge in [0.2, 0.25) is 0 Å². The van der Waals surface area contributed by atoms with Gasteiger partial charge in [-0.05, 0) is 68.3 Å². The highest BCUT2D eigenvalue weighted by molar-refractivity contribution is 5.95. The molecule has 1 aliphatic rings. The molecule has 0 fully saturated rings. The maximum atomic E-state index is 12.8. The van der Waals surface area contributed by atoms with Crippen LogP contribution in [-0.4, -0.2) is 24.1 Å². The lowest BCUT2D eigenvalue weighted by Gasteiger charge is -2.21. The van der Waals surface area contributed by atoms with Crippen LogP contribution in [0.5, 0.6) is 11.5 Å². The number of nitrogens with zero attached hydrogens (tertiary/aromatic N) is 1. The Morgan fingerprint density at radius 1 is 1.00 bits per heavy atom. The summed E-state index contributed by atoms with van der Waals surface area (Å²) in [6.45, 7) is 7.07. The van der Waals surface area contributed by atoms with Gasteiger partial charge in [0.05, 0.1) is 11.7 Å². The monoisotopic (exact) mass is 388 g/mol. The molecule has 0 spiro atoms. The van der Waals surface area contributed by atoms with Gasteiger partial charge >= 0.3 is 0 Å². The Morgan fingerprint density at radius 2 is 1.79 bits per heavy atom. The number of hydrogen-bond donors (Lipinski definition) is 1. The zero-order valence-electron chi connectivity index (χ0n) is 16.9. The first kappa shape index (κ1) is 19.0. The lowest BCUT2D eigenvalue weighted by atomic mass is 10.0. The maximum absolute atomic E-state index is 12.8. The summed E-state index contributed by atoms with van der Waals surface area (Å²) >= 11 is 0. The van der Waals surface area contributed by atoms with Crippen molar-refractivity contribution in [2.24, 2.45) is 0 Å². The minimum atomic E-state index is -0.165. The summed E-state index contributed by atoms with van der Waals surface area (Å²) in [5.74, 6) is 1.34. The van der Waals surface area contributed by atoms with Gasteiger partial charge in [-0.2, -0.15) is 0 Å². The molecule has 1 aromatic heterocycles. The van der Waals surface area contributed by atoms with Gasteiger partial charge in [0, 0.05) is 16.8 Å². The molecule has 0 saturated heterocycles. The van der Waals surface area contributed by atoms with Crippen molar-refractivity contribution in [2.45, 2.75) is 26.8 Å². The topological polar surface area (TPSA) is 60.5 Å². The van der Waals surface area contributed by atoms with Crippen molar-refractivity contribution in [3.8, 4) is 22.8 Å². The molecule has 0 saturated carbocycles. The molecular formula is C24H24N2O3. The minimum Gasteiger partial charge on any atom is -0.486 e. The number of aromatic nitrogens is 1. The highest BCUT2D eigenvalue weighted by atomic mass is 16.6. The summed E-state index contributed by atoms with van der Waals surface area (Å²) in [5, 5.41) is 3.06. The SMILES string of the molecule is Cc1cc(C)nc(-c2cccc(C(=O)N[C@H](C)c3ccc4c(c3)OCCO4)c2)c1. The highest BCUT2D eigenvalue weighted by Crippen LogP contribution is 2.32. The van der Waals surface area contributed by atoms with E-state index in [0.29, 0.717) is 18.8 Å². The predicted molar refractivity (Wildman–Crippen MR) is 112 cm³/mol. The van der Waals surface area contributed by atoms with Gasteiger partial charge in [-0.15, -0.1) is 0 Å². The van der Waals surface area contributed by atoms with E-state index in [9.17, 15) is 4.79 Å². The predicted octanol–water partition coefficient (Wildman–Crippen LogP) is 4.63. The molecular weight excluding hydrogens is 364 g/mol. The molecule has 148 valence electrons. The molecule has 29 heavy (non-hydrogen) atoms. The third-order valence-corrected chi connectivity index (χ3v) is 4.93. The van der Waals surface area contributed by atoms with Crippen LogP contribution in [-0.2, 0) is 0 Å². The molecule has 0 bridgehead atoms. The van der Waals surface area contributed by atoms with Crippen LogP contribution < -0.4 is 14.8 Å². The fourth-order valence-electron chi connectivity index (χ4n) is 3.50. The molecule has 3 aromatic rings. The van der Waals surface area contributed by atoms with Crippen molar-refractivity contribution in [1.29, 1.82) is 0 Å². The molecule has 5 heteroatoms. The van der Waals surface area contributed by atoms with Gasteiger partial charge < -0.3 is 14.8 Å². The number of carbonyl (C=O) groups is 1. The van der Waals surface area contributed by atoms with E-state index >= 15 is 0 Å². The number of benzene rings is 2. The highest BCUT2D eigenvalue weighted by Gasteiger charge is 2.17. The van der Waals surface area contributed by atoms with Crippen molar-refractivity contribution < 1.29 is 14.3 Å². The third kappa shape index (κ3) is 4.24. The van der Waals surface area contributed by atoms with Crippen LogP contribution in [0.3, 0.4) is 0 Å². The summed E-state index contributed by atoms with van der Waals surface area (Å²) in [6.07, 6.45) is 0. The van der Waals surface area contributed by atoms with Crippen LogP contribution in [0.15, 0.2) is 54.6 Å². The fourth-order valence-corrected chi connectivity index (χ4v) is 3.50. The molecule has 1 atom stereocenters. The lowest BCUT2D eigenvalue weighted by Crippen LogP contribution is -2.26. The maximum Gasteiger partial charge on any atom is 0.251 e. The van der Waals surface area contributed by atoms with Crippen LogP contribution in [0.25, 0.3) is 11.3 Å². The standard InChI is InChI=1S/C24H24N2O3/c1-15-11-16(2)25-21(12-15)19-5-4-6-20(13-19)24(27)26-17(3)18-7-8-22-23(14-18)29-10-9-28-22/h4-8,11-14,17H,9-10H2,1-3H3,(H,26,27)/t17-/m1/s1. The largest absolute Gasteiger partial charge is 0.486 e. The average Bonchev–Trinajstić information content (AvgIpc) is 2.72. The van der Waals surface area contributed by atoms with Gasteiger partial charge in [-0.1, -0.05) is 18.2 Å². The second kappa shape index (κ2) is 7.95. The second-order valence-electron chi connectivity index (χ2n) is 7.35. The number of pyridine rings is 1. The fraction of sp³-hybridized carbons (Fsp3) is 0.250. The summed E-state index contributed by atoms with van der Waals surface area (Å²) in [7, 11) is 0. The van der Waals surface area contributed by atoms with E-state index in [1.165, 1.54) is 0 Å². The Bertz CT molecular complexity index is 1040. The van der Waals surface area contributed by atoms with Crippen molar-refractivity contribution in [3.05, 3.63) is 77.0 Å². The number of fused-ring (bicyclic) bond motifs is 1. The van der Waals surface area contributed by atoms with Gasteiger partial charge in [-0.3, -0.25) is 9.78 Å². The van der Waals surface area contributed by atoms with Crippen molar-refractivity contribution in [1.82, 2.24) is 10.3 Å². The number of amides is 1. The number of aryl methyl sites for hydroxylation is 2. The molecule has 0 aliphatic carbocycles. The smallest absolute Gasteiger partial charge is 0.251 e. The summed E-state index contributed by atoms with van der Waals surface area (Å²) in [6, 6.07) is 17.2. The van der Waals surface area contributed by atoms with Crippen molar-refractivity contribution in [2.75, 3.05) is 13.2 Å². The molecule has 1 aliphatic heterocycles. The average molecular weight is 388 g/mol. The van der Waals surface area contributed by atoms with Crippen LogP contribution in [0.4, 0.5) is 0 Å². The molecule has 0 unspecified atom stereocenters. The number of carbonyl (C=O) groups excluding carboxylic acids is 1. The summed E-state index contributed by atoms with van der Waals surface area (Å²) < 4.78 is 11.2. The van der Waals surface area contributed by atoms with E-state index in [1.54, 1.807) is 0 Å². The zero-order valence-corrected chi connectivity index (χ0v) is 16.9. The van der Waals surface area contributed by atoms with E-state index in [1.807, 2.05) is 75.4 Å². The van der Waals surface area contributed by atoms with Gasteiger partial charge in [0.1, 0.15) is 13.2 Å². The molecule has 1 N–H and O–H groups in total. The van der Waals surface area contributed by atoms with E-state index in [2.05, 4.69) is 10.3 Å². The van der Waals surface area contributed by atoms with E-state index in [0.717, 1.165) is 39.6 Å².